The molecule has 0 atom stereocenters. The summed E-state index contributed by atoms with van der Waals surface area (Å²) in [6.07, 6.45) is 1.66. The molecule has 150 valence electrons. The third-order valence-corrected chi connectivity index (χ3v) is 5.11. The minimum Gasteiger partial charge on any atom is -0.497 e. The van der Waals surface area contributed by atoms with E-state index >= 15 is 0 Å². The summed E-state index contributed by atoms with van der Waals surface area (Å²) >= 11 is 1.36. The molecule has 0 saturated heterocycles. The summed E-state index contributed by atoms with van der Waals surface area (Å²) in [5.74, 6) is 1.81. The van der Waals surface area contributed by atoms with E-state index < -0.39 is 0 Å². The van der Waals surface area contributed by atoms with Crippen LogP contribution in [0.15, 0.2) is 82.5 Å². The number of para-hydroxylation sites is 1. The Hall–Kier alpha value is -3.65. The lowest BCUT2D eigenvalue weighted by Crippen LogP contribution is -2.13. The topological polar surface area (TPSA) is 90.1 Å². The van der Waals surface area contributed by atoms with Crippen molar-refractivity contribution in [1.29, 1.82) is 0 Å². The smallest absolute Gasteiger partial charge is 0.259 e. The number of nitrogens with one attached hydrogen (secondary N) is 1. The number of amides is 1. The van der Waals surface area contributed by atoms with Crippen LogP contribution in [0.5, 0.6) is 5.75 Å². The lowest BCUT2D eigenvalue weighted by atomic mass is 10.2. The molecule has 0 aliphatic carbocycles. The molecule has 0 aliphatic rings. The minimum absolute atomic E-state index is 0.0851. The fourth-order valence-corrected chi connectivity index (χ4v) is 3.29. The Morgan fingerprint density at radius 2 is 1.80 bits per heavy atom. The van der Waals surface area contributed by atoms with Gasteiger partial charge in [-0.05, 0) is 48.5 Å². The van der Waals surface area contributed by atoms with Crippen LogP contribution in [-0.2, 0) is 4.79 Å². The van der Waals surface area contributed by atoms with Crippen LogP contribution in [0.4, 0.5) is 5.69 Å². The predicted molar refractivity (Wildman–Crippen MR) is 115 cm³/mol. The van der Waals surface area contributed by atoms with Gasteiger partial charge >= 0.3 is 0 Å². The van der Waals surface area contributed by atoms with E-state index in [0.29, 0.717) is 17.3 Å². The Balaban J connectivity index is 1.36. The zero-order chi connectivity index (χ0) is 20.8. The van der Waals surface area contributed by atoms with Crippen LogP contribution < -0.4 is 10.1 Å². The Morgan fingerprint density at radius 3 is 2.50 bits per heavy atom. The Labute approximate surface area is 177 Å². The fourth-order valence-electron chi connectivity index (χ4n) is 2.65. The van der Waals surface area contributed by atoms with Gasteiger partial charge < -0.3 is 14.6 Å². The van der Waals surface area contributed by atoms with Crippen molar-refractivity contribution < 1.29 is 14.1 Å². The second-order valence-corrected chi connectivity index (χ2v) is 7.24. The number of methoxy groups -OCH3 is 1. The Bertz CT molecular complexity index is 1110. The molecule has 0 saturated carbocycles. The van der Waals surface area contributed by atoms with E-state index in [2.05, 4.69) is 20.4 Å². The number of pyridine rings is 1. The first-order chi connectivity index (χ1) is 14.7. The Kier molecular flexibility index (Phi) is 6.05. The third kappa shape index (κ3) is 4.84. The van der Waals surface area contributed by atoms with Crippen molar-refractivity contribution in [3.05, 3.63) is 72.9 Å². The number of thioether (sulfide) groups is 1. The molecule has 0 unspecified atom stereocenters. The van der Waals surface area contributed by atoms with E-state index in [0.717, 1.165) is 22.0 Å². The van der Waals surface area contributed by atoms with Crippen LogP contribution in [0, 0.1) is 0 Å². The monoisotopic (exact) mass is 418 g/mol. The van der Waals surface area contributed by atoms with Crippen LogP contribution in [0.3, 0.4) is 0 Å². The molecule has 2 heterocycles. The molecule has 0 fully saturated rings. The summed E-state index contributed by atoms with van der Waals surface area (Å²) in [5.41, 5.74) is 2.31. The molecule has 2 aromatic carbocycles. The number of ether oxygens (including phenoxy) is 1. The van der Waals surface area contributed by atoms with Crippen LogP contribution in [0.1, 0.15) is 0 Å². The van der Waals surface area contributed by atoms with E-state index in [-0.39, 0.29) is 11.7 Å². The van der Waals surface area contributed by atoms with E-state index in [1.54, 1.807) is 13.3 Å². The van der Waals surface area contributed by atoms with E-state index in [4.69, 9.17) is 9.26 Å². The summed E-state index contributed by atoms with van der Waals surface area (Å²) < 4.78 is 10.5. The highest BCUT2D eigenvalue weighted by Gasteiger charge is 2.12. The highest BCUT2D eigenvalue weighted by atomic mass is 32.2. The fraction of sp³-hybridized carbons (Fsp3) is 0.0909. The largest absolute Gasteiger partial charge is 0.497 e. The van der Waals surface area contributed by atoms with E-state index in [1.165, 1.54) is 11.8 Å². The van der Waals surface area contributed by atoms with Crippen LogP contribution in [-0.4, -0.2) is 33.9 Å². The molecular formula is C22H18N4O3S. The lowest BCUT2D eigenvalue weighted by molar-refractivity contribution is -0.113. The number of hydrogen-bond donors (Lipinski definition) is 1. The quantitative estimate of drug-likeness (QED) is 0.441. The van der Waals surface area contributed by atoms with Gasteiger partial charge in [0.2, 0.25) is 11.7 Å². The van der Waals surface area contributed by atoms with Crippen molar-refractivity contribution in [3.8, 4) is 28.6 Å². The van der Waals surface area contributed by atoms with Crippen molar-refractivity contribution in [2.75, 3.05) is 18.2 Å². The average molecular weight is 418 g/mol. The average Bonchev–Trinajstić information content (AvgIpc) is 3.29. The van der Waals surface area contributed by atoms with Crippen LogP contribution >= 0.6 is 11.8 Å². The standard InChI is InChI=1S/C22H18N4O3S/c1-28-18-10-7-15(8-11-18)21-25-22(29-26-21)16-9-12-20(23-13-16)30-14-19(27)24-17-5-3-2-4-6-17/h2-13H,14H2,1H3,(H,24,27). The van der Waals surface area contributed by atoms with E-state index in [9.17, 15) is 4.79 Å². The molecule has 7 nitrogen and oxygen atoms in total. The van der Waals surface area contributed by atoms with Gasteiger partial charge in [-0.15, -0.1) is 0 Å². The maximum absolute atomic E-state index is 12.1. The van der Waals surface area contributed by atoms with Gasteiger partial charge in [-0.25, -0.2) is 4.98 Å². The number of carbonyl (C=O) groups excluding carboxylic acids is 1. The van der Waals surface area contributed by atoms with Crippen LogP contribution in [0.2, 0.25) is 0 Å². The second kappa shape index (κ2) is 9.23. The number of benzene rings is 2. The van der Waals surface area contributed by atoms with Crippen molar-refractivity contribution in [3.63, 3.8) is 0 Å². The highest BCUT2D eigenvalue weighted by molar-refractivity contribution is 7.99. The first-order valence-electron chi connectivity index (χ1n) is 9.13. The van der Waals surface area contributed by atoms with E-state index in [1.807, 2.05) is 66.7 Å². The molecule has 0 spiro atoms. The summed E-state index contributed by atoms with van der Waals surface area (Å²) in [4.78, 5) is 20.9. The molecule has 0 radical (unpaired) electrons. The number of carbonyl (C=O) groups is 1. The van der Waals surface area contributed by atoms with Gasteiger partial charge in [0.1, 0.15) is 5.75 Å². The van der Waals surface area contributed by atoms with Gasteiger partial charge in [0.15, 0.2) is 0 Å². The third-order valence-electron chi connectivity index (χ3n) is 4.17. The Morgan fingerprint density at radius 1 is 1.03 bits per heavy atom. The SMILES string of the molecule is COc1ccc(-c2noc(-c3ccc(SCC(=O)Nc4ccccc4)nc3)n2)cc1. The number of aromatic nitrogens is 3. The maximum atomic E-state index is 12.1. The molecule has 4 aromatic rings. The number of hydrogen-bond acceptors (Lipinski definition) is 7. The van der Waals surface area contributed by atoms with Crippen LogP contribution in [0.25, 0.3) is 22.8 Å². The minimum atomic E-state index is -0.0851. The summed E-state index contributed by atoms with van der Waals surface area (Å²) in [6, 6.07) is 20.4. The van der Waals surface area contributed by atoms with Gasteiger partial charge in [-0.1, -0.05) is 35.1 Å². The number of rotatable bonds is 7. The summed E-state index contributed by atoms with van der Waals surface area (Å²) in [5, 5.41) is 7.61. The summed E-state index contributed by atoms with van der Waals surface area (Å²) in [6.45, 7) is 0. The van der Waals surface area contributed by atoms with Crippen molar-refractivity contribution in [1.82, 2.24) is 15.1 Å². The maximum Gasteiger partial charge on any atom is 0.259 e. The lowest BCUT2D eigenvalue weighted by Gasteiger charge is -2.04. The second-order valence-electron chi connectivity index (χ2n) is 6.24. The normalized spacial score (nSPS) is 10.6. The zero-order valence-electron chi connectivity index (χ0n) is 16.1. The first-order valence-corrected chi connectivity index (χ1v) is 10.1. The highest BCUT2D eigenvalue weighted by Crippen LogP contribution is 2.25. The van der Waals surface area contributed by atoms with Crippen molar-refractivity contribution in [2.45, 2.75) is 5.03 Å². The zero-order valence-corrected chi connectivity index (χ0v) is 16.9. The number of nitrogens with zero attached hydrogens (tertiary/aromatic N) is 3. The number of anilines is 1. The van der Waals surface area contributed by atoms with Gasteiger partial charge in [0.05, 0.1) is 23.5 Å². The molecule has 0 bridgehead atoms. The molecule has 1 amide bonds. The van der Waals surface area contributed by atoms with Gasteiger partial charge in [-0.3, -0.25) is 4.79 Å². The first kappa shape index (κ1) is 19.7. The predicted octanol–water partition coefficient (Wildman–Crippen LogP) is 4.54. The van der Waals surface area contributed by atoms with Crippen molar-refractivity contribution in [2.24, 2.45) is 0 Å². The van der Waals surface area contributed by atoms with Gasteiger partial charge in [-0.2, -0.15) is 4.98 Å². The molecule has 1 N–H and O–H groups in total. The molecule has 0 aliphatic heterocycles. The van der Waals surface area contributed by atoms with Gasteiger partial charge in [0, 0.05) is 17.4 Å². The van der Waals surface area contributed by atoms with Gasteiger partial charge in [0.25, 0.3) is 5.89 Å². The molecule has 4 rings (SSSR count). The van der Waals surface area contributed by atoms with Crippen molar-refractivity contribution >= 4 is 23.4 Å². The molecular weight excluding hydrogens is 400 g/mol. The molecule has 2 aromatic heterocycles. The summed E-state index contributed by atoms with van der Waals surface area (Å²) in [7, 11) is 1.62. The molecule has 8 heteroatoms. The molecule has 30 heavy (non-hydrogen) atoms.